The van der Waals surface area contributed by atoms with Crippen molar-refractivity contribution in [2.24, 2.45) is 23.7 Å². The van der Waals surface area contributed by atoms with Crippen molar-refractivity contribution < 1.29 is 9.53 Å². The maximum Gasteiger partial charge on any atom is 0.314 e. The third-order valence-corrected chi connectivity index (χ3v) is 10.2. The lowest BCUT2D eigenvalue weighted by Crippen LogP contribution is -2.25. The third-order valence-electron chi connectivity index (χ3n) is 10.2. The van der Waals surface area contributed by atoms with E-state index < -0.39 is 0 Å². The predicted molar refractivity (Wildman–Crippen MR) is 174 cm³/mol. The Labute approximate surface area is 256 Å². The maximum atomic E-state index is 12.8. The molecule has 0 N–H and O–H groups in total. The first-order chi connectivity index (χ1) is 20.6. The molecule has 0 amide bonds. The molecule has 1 heterocycles. The van der Waals surface area contributed by atoms with Crippen molar-refractivity contribution >= 4 is 5.97 Å². The van der Waals surface area contributed by atoms with Crippen LogP contribution in [0.15, 0.2) is 36.7 Å². The molecular formula is C38H58N2O2. The van der Waals surface area contributed by atoms with Gasteiger partial charge in [-0.1, -0.05) is 110 Å². The zero-order chi connectivity index (χ0) is 29.4. The van der Waals surface area contributed by atoms with Crippen molar-refractivity contribution in [3.8, 4) is 17.1 Å². The Balaban J connectivity index is 1.12. The quantitative estimate of drug-likeness (QED) is 0.107. The fourth-order valence-electron chi connectivity index (χ4n) is 7.27. The zero-order valence-corrected chi connectivity index (χ0v) is 26.8. The summed E-state index contributed by atoms with van der Waals surface area (Å²) in [7, 11) is 0. The molecule has 232 valence electrons. The Morgan fingerprint density at radius 1 is 0.667 bits per heavy atom. The number of ether oxygens (including phenoxy) is 1. The summed E-state index contributed by atoms with van der Waals surface area (Å²) in [5.41, 5.74) is 2.19. The molecule has 4 nitrogen and oxygen atoms in total. The number of carbonyl (C=O) groups excluding carboxylic acids is 1. The predicted octanol–water partition coefficient (Wildman–Crippen LogP) is 10.9. The summed E-state index contributed by atoms with van der Waals surface area (Å²) in [5, 5.41) is 0. The second kappa shape index (κ2) is 18.4. The van der Waals surface area contributed by atoms with Gasteiger partial charge in [-0.05, 0) is 86.1 Å². The molecule has 0 unspecified atom stereocenters. The van der Waals surface area contributed by atoms with Gasteiger partial charge in [0, 0.05) is 18.0 Å². The van der Waals surface area contributed by atoms with E-state index >= 15 is 0 Å². The van der Waals surface area contributed by atoms with Crippen LogP contribution < -0.4 is 4.74 Å². The average molecular weight is 575 g/mol. The van der Waals surface area contributed by atoms with E-state index in [-0.39, 0.29) is 11.9 Å². The molecule has 42 heavy (non-hydrogen) atoms. The van der Waals surface area contributed by atoms with Gasteiger partial charge < -0.3 is 4.74 Å². The highest BCUT2D eigenvalue weighted by molar-refractivity contribution is 5.75. The molecule has 4 heteroatoms. The topological polar surface area (TPSA) is 52.1 Å². The van der Waals surface area contributed by atoms with Gasteiger partial charge in [0.05, 0.1) is 5.92 Å². The van der Waals surface area contributed by atoms with E-state index in [1.54, 1.807) is 0 Å². The number of esters is 1. The van der Waals surface area contributed by atoms with E-state index in [0.29, 0.717) is 5.75 Å². The zero-order valence-electron chi connectivity index (χ0n) is 26.8. The van der Waals surface area contributed by atoms with Crippen LogP contribution in [0.3, 0.4) is 0 Å². The van der Waals surface area contributed by atoms with Crippen LogP contribution in [0.1, 0.15) is 148 Å². The Bertz CT molecular complexity index is 1000. The van der Waals surface area contributed by atoms with Crippen LogP contribution in [0, 0.1) is 23.7 Å². The molecule has 2 fully saturated rings. The highest BCUT2D eigenvalue weighted by Gasteiger charge is 2.27. The SMILES string of the molecule is CCCCCCCCC1CCC(CCc2cnc(-c3ccc(OC(=O)C4CCC(CCCCC)CC4)cc3)nc2)CC1. The van der Waals surface area contributed by atoms with Crippen molar-refractivity contribution in [2.75, 3.05) is 0 Å². The first-order valence-electron chi connectivity index (χ1n) is 17.8. The monoisotopic (exact) mass is 574 g/mol. The largest absolute Gasteiger partial charge is 0.426 e. The Kier molecular flexibility index (Phi) is 14.3. The van der Waals surface area contributed by atoms with Crippen LogP contribution >= 0.6 is 0 Å². The number of benzene rings is 1. The molecule has 0 atom stereocenters. The smallest absolute Gasteiger partial charge is 0.314 e. The van der Waals surface area contributed by atoms with Crippen LogP contribution in [0.5, 0.6) is 5.75 Å². The first kappa shape index (κ1) is 32.7. The Morgan fingerprint density at radius 2 is 1.17 bits per heavy atom. The average Bonchev–Trinajstić information content (AvgIpc) is 3.03. The van der Waals surface area contributed by atoms with Gasteiger partial charge >= 0.3 is 5.97 Å². The van der Waals surface area contributed by atoms with Crippen molar-refractivity contribution in [1.82, 2.24) is 9.97 Å². The van der Waals surface area contributed by atoms with E-state index in [2.05, 4.69) is 23.8 Å². The van der Waals surface area contributed by atoms with Gasteiger partial charge in [0.25, 0.3) is 0 Å². The van der Waals surface area contributed by atoms with Crippen molar-refractivity contribution in [2.45, 2.75) is 149 Å². The summed E-state index contributed by atoms with van der Waals surface area (Å²) in [6.07, 6.45) is 31.4. The summed E-state index contributed by atoms with van der Waals surface area (Å²) in [6, 6.07) is 7.69. The van der Waals surface area contributed by atoms with E-state index in [0.717, 1.165) is 61.2 Å². The molecule has 1 aromatic heterocycles. The second-order valence-corrected chi connectivity index (χ2v) is 13.6. The highest BCUT2D eigenvalue weighted by atomic mass is 16.5. The minimum absolute atomic E-state index is 0.0446. The minimum atomic E-state index is -0.0679. The molecule has 2 aromatic rings. The number of aryl methyl sites for hydroxylation is 1. The van der Waals surface area contributed by atoms with Crippen LogP contribution in [-0.2, 0) is 11.2 Å². The summed E-state index contributed by atoms with van der Waals surface area (Å²) in [6.45, 7) is 4.55. The van der Waals surface area contributed by atoms with Gasteiger partial charge in [-0.25, -0.2) is 9.97 Å². The fourth-order valence-corrected chi connectivity index (χ4v) is 7.27. The van der Waals surface area contributed by atoms with Gasteiger partial charge in [-0.3, -0.25) is 4.79 Å². The van der Waals surface area contributed by atoms with Gasteiger partial charge in [0.1, 0.15) is 5.75 Å². The molecular weight excluding hydrogens is 516 g/mol. The molecule has 2 saturated carbocycles. The lowest BCUT2D eigenvalue weighted by molar-refractivity contribution is -0.140. The number of rotatable bonds is 17. The molecule has 0 spiro atoms. The normalized spacial score (nSPS) is 22.6. The van der Waals surface area contributed by atoms with Crippen molar-refractivity contribution in [3.63, 3.8) is 0 Å². The van der Waals surface area contributed by atoms with Crippen LogP contribution in [0.25, 0.3) is 11.4 Å². The molecule has 2 aliphatic carbocycles. The molecule has 4 rings (SSSR count). The van der Waals surface area contributed by atoms with Gasteiger partial charge in [0.15, 0.2) is 5.82 Å². The molecule has 0 saturated heterocycles. The number of carbonyl (C=O) groups is 1. The Hall–Kier alpha value is -2.23. The lowest BCUT2D eigenvalue weighted by Gasteiger charge is -2.28. The number of hydrogen-bond acceptors (Lipinski definition) is 4. The van der Waals surface area contributed by atoms with Gasteiger partial charge in [-0.2, -0.15) is 0 Å². The molecule has 2 aliphatic rings. The second-order valence-electron chi connectivity index (χ2n) is 13.6. The lowest BCUT2D eigenvalue weighted by atomic mass is 9.78. The first-order valence-corrected chi connectivity index (χ1v) is 17.8. The number of nitrogens with zero attached hydrogens (tertiary/aromatic N) is 2. The third kappa shape index (κ3) is 11.1. The van der Waals surface area contributed by atoms with Crippen molar-refractivity contribution in [1.29, 1.82) is 0 Å². The van der Waals surface area contributed by atoms with E-state index in [9.17, 15) is 4.79 Å². The summed E-state index contributed by atoms with van der Waals surface area (Å²) < 4.78 is 5.75. The summed E-state index contributed by atoms with van der Waals surface area (Å²) in [5.74, 6) is 3.96. The van der Waals surface area contributed by atoms with E-state index in [1.807, 2.05) is 36.7 Å². The number of aromatic nitrogens is 2. The van der Waals surface area contributed by atoms with E-state index in [4.69, 9.17) is 4.74 Å². The Morgan fingerprint density at radius 3 is 1.79 bits per heavy atom. The van der Waals surface area contributed by atoms with Gasteiger partial charge in [0.2, 0.25) is 0 Å². The number of unbranched alkanes of at least 4 members (excludes halogenated alkanes) is 7. The molecule has 1 aromatic carbocycles. The summed E-state index contributed by atoms with van der Waals surface area (Å²) >= 11 is 0. The van der Waals surface area contributed by atoms with Crippen molar-refractivity contribution in [3.05, 3.63) is 42.2 Å². The molecule has 0 radical (unpaired) electrons. The van der Waals surface area contributed by atoms with E-state index in [1.165, 1.54) is 108 Å². The van der Waals surface area contributed by atoms with Gasteiger partial charge in [-0.15, -0.1) is 0 Å². The maximum absolute atomic E-state index is 12.8. The van der Waals surface area contributed by atoms with Crippen LogP contribution in [0.2, 0.25) is 0 Å². The molecule has 0 aliphatic heterocycles. The standard InChI is InChI=1S/C38H58N2O2/c1-3-5-7-8-9-11-13-30-14-16-32(17-15-30)18-19-33-28-39-37(40-29-33)34-24-26-36(27-25-34)42-38(41)35-22-20-31(21-23-35)12-10-6-4-2/h24-32,35H,3-23H2,1-2H3. The van der Waals surface area contributed by atoms with Crippen LogP contribution in [-0.4, -0.2) is 15.9 Å². The summed E-state index contributed by atoms with van der Waals surface area (Å²) in [4.78, 5) is 22.1. The van der Waals surface area contributed by atoms with Crippen LogP contribution in [0.4, 0.5) is 0 Å². The highest BCUT2D eigenvalue weighted by Crippen LogP contribution is 2.35. The minimum Gasteiger partial charge on any atom is -0.426 e. The molecule has 0 bridgehead atoms. The fraction of sp³-hybridized carbons (Fsp3) is 0.711. The number of hydrogen-bond donors (Lipinski definition) is 0.